The molecule has 0 bridgehead atoms. The quantitative estimate of drug-likeness (QED) is 0.572. The van der Waals surface area contributed by atoms with Crippen LogP contribution in [0.15, 0.2) is 61.2 Å². The molecule has 6 heteroatoms. The summed E-state index contributed by atoms with van der Waals surface area (Å²) in [5, 5.41) is 10.8. The maximum absolute atomic E-state index is 4.53. The first kappa shape index (κ1) is 15.3. The molecule has 0 spiro atoms. The Balaban J connectivity index is 1.28. The predicted octanol–water partition coefficient (Wildman–Crippen LogP) is 2.60. The van der Waals surface area contributed by atoms with Crippen LogP contribution in [-0.4, -0.2) is 50.7 Å². The van der Waals surface area contributed by atoms with Crippen molar-refractivity contribution < 1.29 is 0 Å². The fourth-order valence-electron chi connectivity index (χ4n) is 3.68. The second kappa shape index (κ2) is 6.38. The summed E-state index contributed by atoms with van der Waals surface area (Å²) in [5.74, 6) is 0.926. The molecule has 3 heterocycles. The molecule has 130 valence electrons. The Morgan fingerprint density at radius 3 is 2.65 bits per heavy atom. The average Bonchev–Trinajstić information content (AvgIpc) is 3.17. The maximum Gasteiger partial charge on any atom is 0.203 e. The Morgan fingerprint density at radius 1 is 0.923 bits per heavy atom. The fraction of sp³-hybridized carbons (Fsp3) is 0.250. The van der Waals surface area contributed by atoms with Gasteiger partial charge in [0.1, 0.15) is 6.33 Å². The SMILES string of the molecule is c1ccc2cc(CN3CCN(c4nccn5cnnc45)CC3)ccc2c1. The molecular weight excluding hydrogens is 324 g/mol. The van der Waals surface area contributed by atoms with E-state index in [1.165, 1.54) is 16.3 Å². The van der Waals surface area contributed by atoms with Gasteiger partial charge in [-0.3, -0.25) is 9.30 Å². The lowest BCUT2D eigenvalue weighted by Gasteiger charge is -2.35. The van der Waals surface area contributed by atoms with Crippen molar-refractivity contribution in [3.8, 4) is 0 Å². The molecule has 6 nitrogen and oxygen atoms in total. The smallest absolute Gasteiger partial charge is 0.203 e. The van der Waals surface area contributed by atoms with Crippen LogP contribution < -0.4 is 4.90 Å². The Hall–Kier alpha value is -2.99. The highest BCUT2D eigenvalue weighted by Crippen LogP contribution is 2.20. The summed E-state index contributed by atoms with van der Waals surface area (Å²) in [5.41, 5.74) is 2.20. The molecule has 1 aliphatic heterocycles. The number of piperazine rings is 1. The van der Waals surface area contributed by atoms with Gasteiger partial charge in [0.2, 0.25) is 5.65 Å². The molecule has 5 rings (SSSR count). The van der Waals surface area contributed by atoms with E-state index >= 15 is 0 Å². The highest BCUT2D eigenvalue weighted by atomic mass is 15.3. The summed E-state index contributed by atoms with van der Waals surface area (Å²) < 4.78 is 1.92. The molecule has 0 radical (unpaired) electrons. The van der Waals surface area contributed by atoms with Gasteiger partial charge in [-0.25, -0.2) is 4.98 Å². The van der Waals surface area contributed by atoms with Gasteiger partial charge in [0.25, 0.3) is 0 Å². The molecule has 0 N–H and O–H groups in total. The number of aromatic nitrogens is 4. The Kier molecular flexibility index (Phi) is 3.75. The average molecular weight is 344 g/mol. The van der Waals surface area contributed by atoms with Crippen LogP contribution in [0.1, 0.15) is 5.56 Å². The molecule has 0 amide bonds. The van der Waals surface area contributed by atoms with Gasteiger partial charge in [-0.05, 0) is 22.4 Å². The van der Waals surface area contributed by atoms with Crippen molar-refractivity contribution in [3.63, 3.8) is 0 Å². The standard InChI is InChI=1S/C20H20N6/c1-2-4-18-13-16(5-6-17(18)3-1)14-24-9-11-25(12-10-24)19-20-23-22-15-26(20)8-7-21-19/h1-8,13,15H,9-12,14H2. The zero-order chi connectivity index (χ0) is 17.3. The van der Waals surface area contributed by atoms with Gasteiger partial charge in [0.15, 0.2) is 5.82 Å². The summed E-state index contributed by atoms with van der Waals surface area (Å²) in [4.78, 5) is 9.34. The molecule has 2 aromatic carbocycles. The van der Waals surface area contributed by atoms with Crippen molar-refractivity contribution in [2.45, 2.75) is 6.54 Å². The Bertz CT molecular complexity index is 1050. The molecule has 2 aromatic heterocycles. The van der Waals surface area contributed by atoms with Crippen molar-refractivity contribution in [1.82, 2.24) is 24.5 Å². The van der Waals surface area contributed by atoms with Gasteiger partial charge in [-0.1, -0.05) is 36.4 Å². The number of nitrogens with zero attached hydrogens (tertiary/aromatic N) is 6. The number of hydrogen-bond donors (Lipinski definition) is 0. The molecule has 1 aliphatic rings. The van der Waals surface area contributed by atoms with Crippen LogP contribution in [0.4, 0.5) is 5.82 Å². The first-order valence-electron chi connectivity index (χ1n) is 8.96. The number of anilines is 1. The monoisotopic (exact) mass is 344 g/mol. The molecule has 1 fully saturated rings. The number of hydrogen-bond acceptors (Lipinski definition) is 5. The molecule has 0 saturated carbocycles. The second-order valence-corrected chi connectivity index (χ2v) is 6.76. The van der Waals surface area contributed by atoms with E-state index in [0.717, 1.165) is 44.2 Å². The summed E-state index contributed by atoms with van der Waals surface area (Å²) in [7, 11) is 0. The Morgan fingerprint density at radius 2 is 1.77 bits per heavy atom. The van der Waals surface area contributed by atoms with E-state index < -0.39 is 0 Å². The summed E-state index contributed by atoms with van der Waals surface area (Å²) >= 11 is 0. The number of fused-ring (bicyclic) bond motifs is 2. The topological polar surface area (TPSA) is 49.6 Å². The second-order valence-electron chi connectivity index (χ2n) is 6.76. The van der Waals surface area contributed by atoms with Crippen molar-refractivity contribution in [1.29, 1.82) is 0 Å². The molecule has 1 saturated heterocycles. The van der Waals surface area contributed by atoms with E-state index in [1.807, 2.05) is 16.8 Å². The van der Waals surface area contributed by atoms with Gasteiger partial charge in [-0.2, -0.15) is 0 Å². The normalized spacial score (nSPS) is 15.8. The summed E-state index contributed by atoms with van der Waals surface area (Å²) in [6, 6.07) is 15.3. The molecule has 0 unspecified atom stereocenters. The van der Waals surface area contributed by atoms with E-state index in [2.05, 4.69) is 67.4 Å². The van der Waals surface area contributed by atoms with E-state index in [-0.39, 0.29) is 0 Å². The summed E-state index contributed by atoms with van der Waals surface area (Å²) in [6.45, 7) is 4.93. The molecule has 0 atom stereocenters. The van der Waals surface area contributed by atoms with Gasteiger partial charge in [0.05, 0.1) is 0 Å². The third-order valence-electron chi connectivity index (χ3n) is 5.09. The predicted molar refractivity (Wildman–Crippen MR) is 102 cm³/mol. The van der Waals surface area contributed by atoms with Crippen LogP contribution in [0.3, 0.4) is 0 Å². The fourth-order valence-corrected chi connectivity index (χ4v) is 3.68. The van der Waals surface area contributed by atoms with E-state index in [0.29, 0.717) is 0 Å². The van der Waals surface area contributed by atoms with Gasteiger partial charge in [-0.15, -0.1) is 10.2 Å². The van der Waals surface area contributed by atoms with Gasteiger partial charge >= 0.3 is 0 Å². The third-order valence-corrected chi connectivity index (χ3v) is 5.09. The van der Waals surface area contributed by atoms with Crippen molar-refractivity contribution >= 4 is 22.2 Å². The zero-order valence-electron chi connectivity index (χ0n) is 14.5. The van der Waals surface area contributed by atoms with Gasteiger partial charge in [0, 0.05) is 45.1 Å². The molecule has 0 aliphatic carbocycles. The number of benzene rings is 2. The van der Waals surface area contributed by atoms with Crippen molar-refractivity contribution in [3.05, 3.63) is 66.7 Å². The Labute approximate surface area is 151 Å². The van der Waals surface area contributed by atoms with Crippen molar-refractivity contribution in [2.24, 2.45) is 0 Å². The lowest BCUT2D eigenvalue weighted by molar-refractivity contribution is 0.249. The van der Waals surface area contributed by atoms with Gasteiger partial charge < -0.3 is 4.90 Å². The largest absolute Gasteiger partial charge is 0.351 e. The maximum atomic E-state index is 4.53. The van der Waals surface area contributed by atoms with Crippen LogP contribution in [0.2, 0.25) is 0 Å². The lowest BCUT2D eigenvalue weighted by atomic mass is 10.1. The van der Waals surface area contributed by atoms with Crippen LogP contribution in [-0.2, 0) is 6.54 Å². The lowest BCUT2D eigenvalue weighted by Crippen LogP contribution is -2.46. The van der Waals surface area contributed by atoms with Crippen LogP contribution in [0.25, 0.3) is 16.4 Å². The summed E-state index contributed by atoms with van der Waals surface area (Å²) in [6.07, 6.45) is 5.42. The van der Waals surface area contributed by atoms with E-state index in [4.69, 9.17) is 0 Å². The van der Waals surface area contributed by atoms with Crippen LogP contribution >= 0.6 is 0 Å². The highest BCUT2D eigenvalue weighted by Gasteiger charge is 2.20. The van der Waals surface area contributed by atoms with Crippen LogP contribution in [0.5, 0.6) is 0 Å². The number of rotatable bonds is 3. The molecule has 4 aromatic rings. The first-order valence-corrected chi connectivity index (χ1v) is 8.96. The van der Waals surface area contributed by atoms with Crippen molar-refractivity contribution in [2.75, 3.05) is 31.1 Å². The molecule has 26 heavy (non-hydrogen) atoms. The minimum Gasteiger partial charge on any atom is -0.351 e. The van der Waals surface area contributed by atoms with E-state index in [9.17, 15) is 0 Å². The van der Waals surface area contributed by atoms with Crippen LogP contribution in [0, 0.1) is 0 Å². The van der Waals surface area contributed by atoms with E-state index in [1.54, 1.807) is 6.33 Å². The zero-order valence-corrected chi connectivity index (χ0v) is 14.5. The molecular formula is C20H20N6. The third kappa shape index (κ3) is 2.78. The first-order chi connectivity index (χ1) is 12.9. The minimum absolute atomic E-state index is 0.829. The minimum atomic E-state index is 0.829. The highest BCUT2D eigenvalue weighted by molar-refractivity contribution is 5.82.